The summed E-state index contributed by atoms with van der Waals surface area (Å²) in [6.45, 7) is 37.7. The lowest BCUT2D eigenvalue weighted by atomic mass is 9.75. The van der Waals surface area contributed by atoms with Gasteiger partial charge in [0.1, 0.15) is 11.5 Å². The quantitative estimate of drug-likeness (QED) is 0.130. The Kier molecular flexibility index (Phi) is 16.5. The second-order valence-electron chi connectivity index (χ2n) is 20.2. The van der Waals surface area contributed by atoms with Crippen LogP contribution in [0.3, 0.4) is 0 Å². The molecule has 6 N–H and O–H groups in total. The molecule has 0 bridgehead atoms. The smallest absolute Gasteiger partial charge is 0.417 e. The first-order valence-corrected chi connectivity index (χ1v) is 20.3. The average Bonchev–Trinajstić information content (AvgIpc) is 2.95. The Morgan fingerprint density at radius 3 is 0.788 bits per heavy atom. The molecular weight excluding hydrogens is 698 g/mol. The average molecular weight is 771 g/mol. The molecule has 9 nitrogen and oxygen atoms in total. The van der Waals surface area contributed by atoms with Gasteiger partial charge in [-0.05, 0) is 43.6 Å². The molecule has 2 rings (SSSR count). The molecule has 0 saturated carbocycles. The van der Waals surface area contributed by atoms with Crippen LogP contribution >= 0.6 is 17.2 Å². The van der Waals surface area contributed by atoms with Crippen molar-refractivity contribution >= 4 is 17.2 Å². The van der Waals surface area contributed by atoms with Gasteiger partial charge in [-0.3, -0.25) is 0 Å². The van der Waals surface area contributed by atoms with Gasteiger partial charge in [0.15, 0.2) is 0 Å². The molecule has 0 aliphatic carbocycles. The molecule has 0 aromatic heterocycles. The van der Waals surface area contributed by atoms with E-state index in [9.17, 15) is 9.79 Å². The summed E-state index contributed by atoms with van der Waals surface area (Å²) in [7, 11) is -5.01. The van der Waals surface area contributed by atoms with E-state index in [1.54, 1.807) is 0 Å². The van der Waals surface area contributed by atoms with Crippen molar-refractivity contribution in [3.05, 3.63) is 57.6 Å². The second kappa shape index (κ2) is 17.6. The Hall–Kier alpha value is -1.38. The molecule has 2 aromatic carbocycles. The summed E-state index contributed by atoms with van der Waals surface area (Å²) in [5.74, 6) is 1.36. The van der Waals surface area contributed by atoms with E-state index in [4.69, 9.17) is 33.8 Å². The van der Waals surface area contributed by atoms with Gasteiger partial charge in [0.2, 0.25) is 0 Å². The molecule has 2 aromatic rings. The van der Waals surface area contributed by atoms with Gasteiger partial charge in [-0.1, -0.05) is 149 Å². The highest BCUT2D eigenvalue weighted by molar-refractivity contribution is 7.55. The zero-order valence-electron chi connectivity index (χ0n) is 35.4. The molecule has 0 radical (unpaired) electrons. The van der Waals surface area contributed by atoms with E-state index in [1.807, 2.05) is 0 Å². The number of hydrogen-bond donors (Lipinski definition) is 6. The standard InChI is InChI=1S/C36H60O5P2.C5H12O4/c1-31(2,3)23-19-25(33(7,8)9)29(26(20-23)34(10,11)12)39-43(41-42(37)38)40-30-27(35(13,14)15)21-24(32(4,5)6)22-28(30)36(16,17)18;6-1-5(2-7,3-8)4-9/h19-22,37-38H,1-18H3;6-9H,1-4H2. The van der Waals surface area contributed by atoms with Gasteiger partial charge in [0.25, 0.3) is 0 Å². The Bertz CT molecular complexity index is 1260. The Morgan fingerprint density at radius 1 is 0.423 bits per heavy atom. The zero-order chi connectivity index (χ0) is 41.1. The lowest BCUT2D eigenvalue weighted by Crippen LogP contribution is -2.37. The molecule has 0 fully saturated rings. The molecule has 52 heavy (non-hydrogen) atoms. The lowest BCUT2D eigenvalue weighted by Gasteiger charge is -2.35. The topological polar surface area (TPSA) is 149 Å². The Balaban J connectivity index is 0.00000132. The van der Waals surface area contributed by atoms with Crippen LogP contribution in [-0.2, 0) is 36.8 Å². The summed E-state index contributed by atoms with van der Waals surface area (Å²) >= 11 is 0. The van der Waals surface area contributed by atoms with Gasteiger partial charge in [0.05, 0.1) is 31.8 Å². The molecular formula is C41H72O9P2. The van der Waals surface area contributed by atoms with Crippen molar-refractivity contribution in [2.24, 2.45) is 5.41 Å². The maximum Gasteiger partial charge on any atom is 0.470 e. The van der Waals surface area contributed by atoms with Gasteiger partial charge >= 0.3 is 17.2 Å². The molecule has 11 heteroatoms. The fourth-order valence-corrected chi connectivity index (χ4v) is 6.58. The third kappa shape index (κ3) is 13.4. The van der Waals surface area contributed by atoms with Crippen LogP contribution in [0.4, 0.5) is 0 Å². The van der Waals surface area contributed by atoms with Crippen LogP contribution in [0.2, 0.25) is 0 Å². The minimum absolute atomic E-state index is 0.0706. The first-order valence-electron chi connectivity index (χ1n) is 18.0. The van der Waals surface area contributed by atoms with Gasteiger partial charge in [-0.25, -0.2) is 4.31 Å². The van der Waals surface area contributed by atoms with Crippen molar-refractivity contribution in [3.63, 3.8) is 0 Å². The van der Waals surface area contributed by atoms with Crippen LogP contribution in [0.25, 0.3) is 0 Å². The summed E-state index contributed by atoms with van der Waals surface area (Å²) in [4.78, 5) is 20.3. The molecule has 0 aliphatic heterocycles. The summed E-state index contributed by atoms with van der Waals surface area (Å²) in [6, 6.07) is 8.88. The number of aliphatic hydroxyl groups is 4. The number of hydrogen-bond acceptors (Lipinski definition) is 9. The van der Waals surface area contributed by atoms with Crippen LogP contribution in [0.5, 0.6) is 11.5 Å². The van der Waals surface area contributed by atoms with Crippen molar-refractivity contribution in [3.8, 4) is 11.5 Å². The van der Waals surface area contributed by atoms with Gasteiger partial charge in [-0.15, -0.1) is 0 Å². The van der Waals surface area contributed by atoms with Crippen LogP contribution in [-0.4, -0.2) is 56.6 Å². The molecule has 0 aliphatic rings. The van der Waals surface area contributed by atoms with E-state index in [0.717, 1.165) is 22.3 Å². The summed E-state index contributed by atoms with van der Waals surface area (Å²) in [5, 5.41) is 34.0. The van der Waals surface area contributed by atoms with Gasteiger partial charge in [-0.2, -0.15) is 0 Å². The number of benzene rings is 2. The molecule has 0 saturated heterocycles. The van der Waals surface area contributed by atoms with Crippen molar-refractivity contribution in [1.29, 1.82) is 0 Å². The maximum absolute atomic E-state index is 10.2. The zero-order valence-corrected chi connectivity index (χ0v) is 37.2. The highest BCUT2D eigenvalue weighted by Gasteiger charge is 2.37. The summed E-state index contributed by atoms with van der Waals surface area (Å²) < 4.78 is 19.2. The normalized spacial score (nSPS) is 13.7. The van der Waals surface area contributed by atoms with E-state index in [2.05, 4.69) is 149 Å². The molecule has 0 amide bonds. The minimum atomic E-state index is -2.75. The molecule has 0 unspecified atom stereocenters. The first kappa shape index (κ1) is 48.6. The largest absolute Gasteiger partial charge is 0.470 e. The van der Waals surface area contributed by atoms with E-state index in [0.29, 0.717) is 11.5 Å². The Morgan fingerprint density at radius 2 is 0.654 bits per heavy atom. The SMILES string of the molecule is CC(C)(C)c1cc(C(C)(C)C)c(OP(Oc2c(C(C)(C)C)cc(C(C)(C)C)cc2C(C)(C)C)OP(O)O)c(C(C)(C)C)c1.OCC(CO)(CO)CO. The predicted molar refractivity (Wildman–Crippen MR) is 216 cm³/mol. The summed E-state index contributed by atoms with van der Waals surface area (Å²) in [6.07, 6.45) is 0. The molecule has 0 atom stereocenters. The third-order valence-corrected chi connectivity index (χ3v) is 10.7. The lowest BCUT2D eigenvalue weighted by molar-refractivity contribution is -0.0328. The Labute approximate surface area is 318 Å². The van der Waals surface area contributed by atoms with Crippen molar-refractivity contribution < 1.29 is 43.6 Å². The van der Waals surface area contributed by atoms with Crippen molar-refractivity contribution in [1.82, 2.24) is 0 Å². The van der Waals surface area contributed by atoms with Crippen LogP contribution in [0.15, 0.2) is 24.3 Å². The second-order valence-corrected chi connectivity index (χ2v) is 22.1. The molecule has 300 valence electrons. The van der Waals surface area contributed by atoms with E-state index < -0.39 is 49.0 Å². The first-order chi connectivity index (χ1) is 23.2. The monoisotopic (exact) mass is 770 g/mol. The highest BCUT2D eigenvalue weighted by Crippen LogP contribution is 2.57. The van der Waals surface area contributed by atoms with E-state index in [-0.39, 0.29) is 32.5 Å². The molecule has 0 heterocycles. The minimum Gasteiger partial charge on any atom is -0.417 e. The van der Waals surface area contributed by atoms with Crippen molar-refractivity contribution in [2.45, 2.75) is 157 Å². The van der Waals surface area contributed by atoms with E-state index >= 15 is 0 Å². The van der Waals surface area contributed by atoms with Gasteiger partial charge in [0, 0.05) is 22.3 Å². The predicted octanol–water partition coefficient (Wildman–Crippen LogP) is 9.33. The summed E-state index contributed by atoms with van der Waals surface area (Å²) in [5.41, 5.74) is 4.25. The van der Waals surface area contributed by atoms with E-state index in [1.165, 1.54) is 11.1 Å². The van der Waals surface area contributed by atoms with Gasteiger partial charge < -0.3 is 39.3 Å². The fourth-order valence-electron chi connectivity index (χ4n) is 5.11. The van der Waals surface area contributed by atoms with Crippen LogP contribution in [0, 0.1) is 5.41 Å². The number of aliphatic hydroxyl groups excluding tert-OH is 4. The van der Waals surface area contributed by atoms with Crippen LogP contribution in [0.1, 0.15) is 158 Å². The van der Waals surface area contributed by atoms with Crippen molar-refractivity contribution in [2.75, 3.05) is 26.4 Å². The fraction of sp³-hybridized carbons (Fsp3) is 0.707. The van der Waals surface area contributed by atoms with Crippen LogP contribution < -0.4 is 9.05 Å². The molecule has 0 spiro atoms. The third-order valence-electron chi connectivity index (χ3n) is 8.95. The number of rotatable bonds is 10. The highest BCUT2D eigenvalue weighted by atomic mass is 31.2. The maximum atomic E-state index is 10.2.